The lowest BCUT2D eigenvalue weighted by Gasteiger charge is -2.25. The average molecular weight is 389 g/mol. The molecule has 0 radical (unpaired) electrons. The van der Waals surface area contributed by atoms with Crippen LogP contribution in [0.3, 0.4) is 0 Å². The van der Waals surface area contributed by atoms with Gasteiger partial charge in [-0.3, -0.25) is 14.7 Å². The smallest absolute Gasteiger partial charge is 0.273 e. The van der Waals surface area contributed by atoms with Gasteiger partial charge < -0.3 is 4.74 Å². The Bertz CT molecular complexity index is 823. The maximum atomic E-state index is 13.2. The van der Waals surface area contributed by atoms with Crippen LogP contribution in [0.5, 0.6) is 5.75 Å². The van der Waals surface area contributed by atoms with Crippen LogP contribution < -0.4 is 9.64 Å². The number of ether oxygens (including phenoxy) is 1. The quantitative estimate of drug-likeness (QED) is 0.744. The van der Waals surface area contributed by atoms with Gasteiger partial charge in [0.15, 0.2) is 11.3 Å². The van der Waals surface area contributed by atoms with Crippen molar-refractivity contribution in [1.29, 1.82) is 0 Å². The van der Waals surface area contributed by atoms with Gasteiger partial charge in [-0.25, -0.2) is 0 Å². The number of amidine groups is 1. The van der Waals surface area contributed by atoms with Crippen molar-refractivity contribution in [1.82, 2.24) is 0 Å². The Hall–Kier alpha value is -1.98. The van der Waals surface area contributed by atoms with Gasteiger partial charge in [-0.15, -0.1) is 0 Å². The van der Waals surface area contributed by atoms with Gasteiger partial charge in [-0.2, -0.15) is 0 Å². The normalized spacial score (nSPS) is 17.5. The van der Waals surface area contributed by atoms with Crippen molar-refractivity contribution in [2.24, 2.45) is 4.99 Å². The molecule has 26 heavy (non-hydrogen) atoms. The summed E-state index contributed by atoms with van der Waals surface area (Å²) >= 11 is 7.58. The van der Waals surface area contributed by atoms with Gasteiger partial charge in [-0.05, 0) is 62.7 Å². The largest absolute Gasteiger partial charge is 0.481 e. The van der Waals surface area contributed by atoms with Crippen LogP contribution in [0, 0.1) is 6.92 Å². The van der Waals surface area contributed by atoms with Gasteiger partial charge in [0.1, 0.15) is 5.75 Å². The summed E-state index contributed by atoms with van der Waals surface area (Å²) in [7, 11) is 0. The standard InChI is InChI=1S/C20H21ClN2O2S/c1-13-5-4-6-18(11-13)25-15(3)19(24)23(20-22-14(2)12-26-20)17-9-7-16(21)8-10-17/h4-11,14-15H,12H2,1-3H3/t14-,15+/m1/s1. The minimum atomic E-state index is -0.647. The molecule has 0 fully saturated rings. The minimum Gasteiger partial charge on any atom is -0.481 e. The number of halogens is 1. The number of hydrogen-bond acceptors (Lipinski definition) is 4. The molecule has 2 atom stereocenters. The molecule has 0 aliphatic carbocycles. The maximum Gasteiger partial charge on any atom is 0.273 e. The van der Waals surface area contributed by atoms with E-state index >= 15 is 0 Å². The lowest BCUT2D eigenvalue weighted by atomic mass is 10.2. The van der Waals surface area contributed by atoms with Crippen LogP contribution in [-0.4, -0.2) is 29.0 Å². The lowest BCUT2D eigenvalue weighted by Crippen LogP contribution is -2.43. The van der Waals surface area contributed by atoms with Crippen LogP contribution in [0.4, 0.5) is 5.69 Å². The van der Waals surface area contributed by atoms with Gasteiger partial charge in [0.2, 0.25) is 0 Å². The molecular weight excluding hydrogens is 368 g/mol. The van der Waals surface area contributed by atoms with E-state index < -0.39 is 6.10 Å². The van der Waals surface area contributed by atoms with Crippen molar-refractivity contribution < 1.29 is 9.53 Å². The zero-order valence-corrected chi connectivity index (χ0v) is 16.6. The van der Waals surface area contributed by atoms with Crippen molar-refractivity contribution in [3.63, 3.8) is 0 Å². The summed E-state index contributed by atoms with van der Waals surface area (Å²) in [6, 6.07) is 15.1. The first kappa shape index (κ1) is 18.8. The third-order valence-electron chi connectivity index (χ3n) is 3.93. The van der Waals surface area contributed by atoms with Crippen LogP contribution >= 0.6 is 23.4 Å². The molecule has 1 aliphatic heterocycles. The highest BCUT2D eigenvalue weighted by Crippen LogP contribution is 2.28. The number of aliphatic imine (C=N–C) groups is 1. The second-order valence-electron chi connectivity index (χ2n) is 6.30. The molecule has 6 heteroatoms. The highest BCUT2D eigenvalue weighted by Gasteiger charge is 2.30. The van der Waals surface area contributed by atoms with E-state index in [4.69, 9.17) is 16.3 Å². The first-order valence-electron chi connectivity index (χ1n) is 8.47. The molecule has 1 aliphatic rings. The number of rotatable bonds is 4. The topological polar surface area (TPSA) is 41.9 Å². The molecule has 136 valence electrons. The van der Waals surface area contributed by atoms with E-state index in [0.29, 0.717) is 15.9 Å². The van der Waals surface area contributed by atoms with Crippen molar-refractivity contribution in [2.75, 3.05) is 10.7 Å². The molecule has 3 rings (SSSR count). The number of benzene rings is 2. The molecule has 0 saturated heterocycles. The van der Waals surface area contributed by atoms with E-state index in [1.807, 2.05) is 50.2 Å². The van der Waals surface area contributed by atoms with Gasteiger partial charge >= 0.3 is 0 Å². The van der Waals surface area contributed by atoms with E-state index in [1.165, 1.54) is 0 Å². The lowest BCUT2D eigenvalue weighted by molar-refractivity contribution is -0.123. The fourth-order valence-electron chi connectivity index (χ4n) is 2.63. The van der Waals surface area contributed by atoms with Gasteiger partial charge in [0.25, 0.3) is 5.91 Å². The van der Waals surface area contributed by atoms with E-state index in [2.05, 4.69) is 4.99 Å². The third-order valence-corrected chi connectivity index (χ3v) is 5.38. The summed E-state index contributed by atoms with van der Waals surface area (Å²) in [5.41, 5.74) is 1.82. The van der Waals surface area contributed by atoms with Crippen molar-refractivity contribution in [3.8, 4) is 5.75 Å². The Morgan fingerprint density at radius 1 is 1.31 bits per heavy atom. The van der Waals surface area contributed by atoms with Crippen molar-refractivity contribution in [3.05, 3.63) is 59.1 Å². The fourth-order valence-corrected chi connectivity index (χ4v) is 3.80. The molecule has 2 aromatic carbocycles. The molecule has 2 aromatic rings. The molecule has 0 aromatic heterocycles. The van der Waals surface area contributed by atoms with Gasteiger partial charge in [0.05, 0.1) is 11.7 Å². The fraction of sp³-hybridized carbons (Fsp3) is 0.300. The number of hydrogen-bond donors (Lipinski definition) is 0. The maximum absolute atomic E-state index is 13.2. The van der Waals surface area contributed by atoms with Crippen LogP contribution in [0.25, 0.3) is 0 Å². The molecule has 4 nitrogen and oxygen atoms in total. The summed E-state index contributed by atoms with van der Waals surface area (Å²) < 4.78 is 5.89. The molecule has 0 unspecified atom stereocenters. The predicted molar refractivity (Wildman–Crippen MR) is 110 cm³/mol. The highest BCUT2D eigenvalue weighted by atomic mass is 35.5. The Labute approximate surface area is 163 Å². The number of amides is 1. The van der Waals surface area contributed by atoms with Gasteiger partial charge in [0, 0.05) is 10.8 Å². The third kappa shape index (κ3) is 4.40. The number of anilines is 1. The highest BCUT2D eigenvalue weighted by molar-refractivity contribution is 8.14. The predicted octanol–water partition coefficient (Wildman–Crippen LogP) is 4.94. The molecule has 0 saturated carbocycles. The van der Waals surface area contributed by atoms with Crippen LogP contribution in [0.15, 0.2) is 53.5 Å². The number of thioether (sulfide) groups is 1. The molecule has 1 heterocycles. The average Bonchev–Trinajstić information content (AvgIpc) is 3.02. The number of aryl methyl sites for hydroxylation is 1. The second kappa shape index (κ2) is 8.14. The summed E-state index contributed by atoms with van der Waals surface area (Å²) in [6.07, 6.45) is -0.647. The second-order valence-corrected chi connectivity index (χ2v) is 7.72. The first-order chi connectivity index (χ1) is 12.4. The summed E-state index contributed by atoms with van der Waals surface area (Å²) in [6.45, 7) is 5.79. The number of carbonyl (C=O) groups excluding carboxylic acids is 1. The molecule has 0 spiro atoms. The van der Waals surface area contributed by atoms with E-state index in [-0.39, 0.29) is 11.9 Å². The summed E-state index contributed by atoms with van der Waals surface area (Å²) in [5, 5.41) is 1.32. The number of nitrogens with zero attached hydrogens (tertiary/aromatic N) is 2. The summed E-state index contributed by atoms with van der Waals surface area (Å²) in [4.78, 5) is 19.4. The first-order valence-corrected chi connectivity index (χ1v) is 9.84. The Morgan fingerprint density at radius 2 is 2.04 bits per heavy atom. The SMILES string of the molecule is Cc1cccc(O[C@@H](C)C(=O)N(C2=N[C@H](C)CS2)c2ccc(Cl)cc2)c1. The number of carbonyl (C=O) groups is 1. The Morgan fingerprint density at radius 3 is 2.65 bits per heavy atom. The van der Waals surface area contributed by atoms with Crippen molar-refractivity contribution >= 4 is 40.1 Å². The van der Waals surface area contributed by atoms with E-state index in [9.17, 15) is 4.79 Å². The minimum absolute atomic E-state index is 0.158. The molecular formula is C20H21ClN2O2S. The summed E-state index contributed by atoms with van der Waals surface area (Å²) in [5.74, 6) is 1.38. The van der Waals surface area contributed by atoms with E-state index in [0.717, 1.165) is 17.0 Å². The van der Waals surface area contributed by atoms with E-state index in [1.54, 1.807) is 35.7 Å². The molecule has 1 amide bonds. The van der Waals surface area contributed by atoms with Crippen LogP contribution in [0.2, 0.25) is 5.02 Å². The monoisotopic (exact) mass is 388 g/mol. The Balaban J connectivity index is 1.86. The zero-order chi connectivity index (χ0) is 18.7. The van der Waals surface area contributed by atoms with Crippen molar-refractivity contribution in [2.45, 2.75) is 32.9 Å². The zero-order valence-electron chi connectivity index (χ0n) is 15.0. The van der Waals surface area contributed by atoms with Crippen LogP contribution in [-0.2, 0) is 4.79 Å². The van der Waals surface area contributed by atoms with Gasteiger partial charge in [-0.1, -0.05) is 35.5 Å². The Kier molecular flexibility index (Phi) is 5.89. The van der Waals surface area contributed by atoms with Crippen LogP contribution in [0.1, 0.15) is 19.4 Å². The molecule has 0 bridgehead atoms. The molecule has 0 N–H and O–H groups in total.